The highest BCUT2D eigenvalue weighted by Crippen LogP contribution is 2.37. The Balaban J connectivity index is 0.00000129. The molecule has 1 unspecified atom stereocenters. The number of hydrogen-bond acceptors (Lipinski definition) is 4. The average molecular weight is 560 g/mol. The fourth-order valence-electron chi connectivity index (χ4n) is 4.60. The molecule has 4 aromatic carbocycles. The lowest BCUT2D eigenvalue weighted by molar-refractivity contribution is 0.103. The number of allylic oxidation sites excluding steroid dienone is 4. The summed E-state index contributed by atoms with van der Waals surface area (Å²) < 4.78 is 6.09. The number of carbonyl (C=O) groups is 1. The molecule has 216 valence electrons. The maximum absolute atomic E-state index is 13.0. The maximum atomic E-state index is 13.0. The van der Waals surface area contributed by atoms with Gasteiger partial charge in [0.2, 0.25) is 0 Å². The number of carbonyl (C=O) groups excluding carboxylic acids is 1. The summed E-state index contributed by atoms with van der Waals surface area (Å²) >= 11 is 0. The van der Waals surface area contributed by atoms with Crippen LogP contribution in [0.25, 0.3) is 0 Å². The van der Waals surface area contributed by atoms with Gasteiger partial charge in [-0.1, -0.05) is 71.4 Å². The van der Waals surface area contributed by atoms with E-state index < -0.39 is 0 Å². The van der Waals surface area contributed by atoms with Crippen LogP contribution < -0.4 is 9.64 Å². The number of ether oxygens (including phenoxy) is 1. The van der Waals surface area contributed by atoms with Gasteiger partial charge in [-0.25, -0.2) is 0 Å². The third-order valence-corrected chi connectivity index (χ3v) is 7.37. The Morgan fingerprint density at radius 1 is 0.833 bits per heavy atom. The minimum Gasteiger partial charge on any atom is -0.508 e. The predicted octanol–water partition coefficient (Wildman–Crippen LogP) is 10.7. The van der Waals surface area contributed by atoms with Gasteiger partial charge >= 0.3 is 0 Å². The lowest BCUT2D eigenvalue weighted by Crippen LogP contribution is -2.21. The Kier molecular flexibility index (Phi) is 9.69. The molecule has 0 heterocycles. The number of aromatic hydroxyl groups is 1. The summed E-state index contributed by atoms with van der Waals surface area (Å²) in [5.41, 5.74) is 5.51. The lowest BCUT2D eigenvalue weighted by atomic mass is 9.75. The van der Waals surface area contributed by atoms with Gasteiger partial charge in [-0.05, 0) is 109 Å². The fourth-order valence-corrected chi connectivity index (χ4v) is 4.60. The summed E-state index contributed by atoms with van der Waals surface area (Å²) in [6, 6.07) is 30.6. The van der Waals surface area contributed by atoms with Crippen LogP contribution in [0.3, 0.4) is 0 Å². The van der Waals surface area contributed by atoms with Crippen molar-refractivity contribution in [2.75, 3.05) is 4.90 Å². The quantitative estimate of drug-likeness (QED) is 0.229. The van der Waals surface area contributed by atoms with Gasteiger partial charge in [0, 0.05) is 28.2 Å². The second-order valence-electron chi connectivity index (χ2n) is 11.4. The van der Waals surface area contributed by atoms with Crippen molar-refractivity contribution in [3.63, 3.8) is 0 Å². The summed E-state index contributed by atoms with van der Waals surface area (Å²) in [4.78, 5) is 15.2. The lowest BCUT2D eigenvalue weighted by Gasteiger charge is -2.29. The van der Waals surface area contributed by atoms with Gasteiger partial charge < -0.3 is 14.7 Å². The van der Waals surface area contributed by atoms with Crippen molar-refractivity contribution in [2.45, 2.75) is 48.0 Å². The molecule has 0 bridgehead atoms. The first kappa shape index (κ1) is 30.4. The second kappa shape index (κ2) is 13.4. The molecule has 4 heteroatoms. The third-order valence-electron chi connectivity index (χ3n) is 7.37. The number of aryl methyl sites for hydroxylation is 1. The molecule has 0 spiro atoms. The van der Waals surface area contributed by atoms with Crippen molar-refractivity contribution >= 4 is 22.8 Å². The normalized spacial score (nSPS) is 15.2. The topological polar surface area (TPSA) is 49.8 Å². The Morgan fingerprint density at radius 2 is 1.38 bits per heavy atom. The van der Waals surface area contributed by atoms with Crippen LogP contribution in [-0.2, 0) is 0 Å². The van der Waals surface area contributed by atoms with E-state index in [4.69, 9.17) is 4.74 Å². The summed E-state index contributed by atoms with van der Waals surface area (Å²) in [5, 5.41) is 9.78. The Labute approximate surface area is 250 Å². The zero-order valence-corrected chi connectivity index (χ0v) is 25.5. The maximum Gasteiger partial charge on any atom is 0.192 e. The number of benzene rings is 4. The molecule has 1 N–H and O–H groups in total. The second-order valence-corrected chi connectivity index (χ2v) is 11.4. The van der Waals surface area contributed by atoms with Gasteiger partial charge in [-0.3, -0.25) is 4.79 Å². The minimum atomic E-state index is 0.0231. The number of Topliss-reactive ketones (excluding diaryl/α,β-unsaturated/α-hetero) is 1. The van der Waals surface area contributed by atoms with Crippen LogP contribution in [-0.4, -0.2) is 10.9 Å². The molecule has 5 rings (SSSR count). The van der Waals surface area contributed by atoms with Crippen molar-refractivity contribution in [3.05, 3.63) is 132 Å². The van der Waals surface area contributed by atoms with Crippen LogP contribution in [0.4, 0.5) is 17.1 Å². The molecule has 0 aromatic heterocycles. The molecule has 0 saturated carbocycles. The number of hydrogen-bond donors (Lipinski definition) is 1. The molecule has 0 saturated heterocycles. The summed E-state index contributed by atoms with van der Waals surface area (Å²) in [6.45, 7) is 12.8. The number of nitrogens with zero attached hydrogens (tertiary/aromatic N) is 1. The van der Waals surface area contributed by atoms with Gasteiger partial charge in [0.25, 0.3) is 0 Å². The third kappa shape index (κ3) is 7.38. The van der Waals surface area contributed by atoms with Crippen LogP contribution in [0.5, 0.6) is 17.2 Å². The molecular weight excluding hydrogens is 518 g/mol. The molecule has 4 aromatic rings. The monoisotopic (exact) mass is 559 g/mol. The first-order chi connectivity index (χ1) is 20.1. The molecule has 0 aliphatic heterocycles. The fraction of sp³-hybridized carbons (Fsp3) is 0.237. The van der Waals surface area contributed by atoms with Crippen LogP contribution in [0.15, 0.2) is 121 Å². The molecule has 0 radical (unpaired) electrons. The van der Waals surface area contributed by atoms with Crippen LogP contribution >= 0.6 is 0 Å². The van der Waals surface area contributed by atoms with Gasteiger partial charge in [0.1, 0.15) is 17.2 Å². The summed E-state index contributed by atoms with van der Waals surface area (Å²) in [6.07, 6.45) is 7.37. The molecule has 1 aliphatic carbocycles. The molecule has 0 fully saturated rings. The van der Waals surface area contributed by atoms with Gasteiger partial charge in [-0.2, -0.15) is 0 Å². The average Bonchev–Trinajstić information content (AvgIpc) is 2.97. The van der Waals surface area contributed by atoms with Crippen LogP contribution in [0.1, 0.15) is 57.0 Å². The Hall–Kier alpha value is -4.57. The van der Waals surface area contributed by atoms with Crippen LogP contribution in [0.2, 0.25) is 0 Å². The van der Waals surface area contributed by atoms with Crippen molar-refractivity contribution in [1.82, 2.24) is 0 Å². The smallest absolute Gasteiger partial charge is 0.192 e. The van der Waals surface area contributed by atoms with E-state index in [0.29, 0.717) is 23.0 Å². The van der Waals surface area contributed by atoms with E-state index in [9.17, 15) is 9.90 Å². The molecule has 42 heavy (non-hydrogen) atoms. The minimum absolute atomic E-state index is 0.0231. The standard InChI is InChI=1S/C35H33NO3.C3H8/c1-24-6-5-7-30(22-24)36(28-10-14-31(37)15-11-28)29-12-18-33(19-13-29)39-32-16-8-26(9-17-32)34(38)27-20-21-35(3,4)25(2)23-27;1-3-2/h5-23,25,37H,1-4H3;3H2,1-2H3. The largest absolute Gasteiger partial charge is 0.508 e. The Morgan fingerprint density at radius 3 is 1.93 bits per heavy atom. The van der Waals surface area contributed by atoms with Crippen molar-refractivity contribution in [1.29, 1.82) is 0 Å². The van der Waals surface area contributed by atoms with E-state index in [-0.39, 0.29) is 16.9 Å². The number of anilines is 3. The molecule has 0 amide bonds. The Bertz CT molecular complexity index is 1550. The highest BCUT2D eigenvalue weighted by atomic mass is 16.5. The highest BCUT2D eigenvalue weighted by Gasteiger charge is 2.26. The first-order valence-electron chi connectivity index (χ1n) is 14.6. The zero-order chi connectivity index (χ0) is 30.3. The molecule has 1 atom stereocenters. The highest BCUT2D eigenvalue weighted by molar-refractivity contribution is 6.10. The van der Waals surface area contributed by atoms with E-state index in [1.807, 2.05) is 72.8 Å². The molecular formula is C38H41NO3. The van der Waals surface area contributed by atoms with Crippen molar-refractivity contribution < 1.29 is 14.6 Å². The number of phenols is 1. The van der Waals surface area contributed by atoms with Gasteiger partial charge in [0.05, 0.1) is 0 Å². The predicted molar refractivity (Wildman–Crippen MR) is 175 cm³/mol. The van der Waals surface area contributed by atoms with Crippen molar-refractivity contribution in [2.24, 2.45) is 11.3 Å². The number of phenolic OH excluding ortho intramolecular Hbond substituents is 1. The molecule has 4 nitrogen and oxygen atoms in total. The van der Waals surface area contributed by atoms with E-state index in [1.165, 1.54) is 6.42 Å². The van der Waals surface area contributed by atoms with Gasteiger partial charge in [-0.15, -0.1) is 0 Å². The van der Waals surface area contributed by atoms with Gasteiger partial charge in [0.15, 0.2) is 5.78 Å². The van der Waals surface area contributed by atoms with Crippen LogP contribution in [0, 0.1) is 18.3 Å². The summed E-state index contributed by atoms with van der Waals surface area (Å²) in [7, 11) is 0. The number of ketones is 1. The molecule has 1 aliphatic rings. The van der Waals surface area contributed by atoms with Crippen molar-refractivity contribution in [3.8, 4) is 17.2 Å². The number of rotatable bonds is 7. The zero-order valence-electron chi connectivity index (χ0n) is 25.5. The van der Waals surface area contributed by atoms with E-state index in [2.05, 4.69) is 76.8 Å². The van der Waals surface area contributed by atoms with E-state index in [0.717, 1.165) is 28.2 Å². The SMILES string of the molecule is CCC.Cc1cccc(N(c2ccc(O)cc2)c2ccc(Oc3ccc(C(=O)C4=CC(C)C(C)(C)C=C4)cc3)cc2)c1. The summed E-state index contributed by atoms with van der Waals surface area (Å²) in [5.74, 6) is 1.90. The van der Waals surface area contributed by atoms with E-state index in [1.54, 1.807) is 12.1 Å². The van der Waals surface area contributed by atoms with E-state index >= 15 is 0 Å². The first-order valence-corrected chi connectivity index (χ1v) is 14.6.